The van der Waals surface area contributed by atoms with E-state index < -0.39 is 12.1 Å². The van der Waals surface area contributed by atoms with Crippen molar-refractivity contribution in [3.63, 3.8) is 0 Å². The smallest absolute Gasteiger partial charge is 0.344 e. The minimum Gasteiger partial charge on any atom is -0.486 e. The van der Waals surface area contributed by atoms with Gasteiger partial charge in [0.25, 0.3) is 0 Å². The summed E-state index contributed by atoms with van der Waals surface area (Å²) >= 11 is 0. The molecule has 1 N–H and O–H groups in total. The second kappa shape index (κ2) is 7.74. The third kappa shape index (κ3) is 4.03. The fourth-order valence-electron chi connectivity index (χ4n) is 2.47. The molecule has 6 heteroatoms. The van der Waals surface area contributed by atoms with Crippen LogP contribution in [0.3, 0.4) is 0 Å². The van der Waals surface area contributed by atoms with Crippen molar-refractivity contribution in [1.29, 1.82) is 0 Å². The Bertz CT molecular complexity index is 855. The van der Waals surface area contributed by atoms with Crippen LogP contribution in [0.4, 0.5) is 0 Å². The van der Waals surface area contributed by atoms with Gasteiger partial charge in [0.05, 0.1) is 0 Å². The van der Waals surface area contributed by atoms with Crippen LogP contribution < -0.4 is 14.2 Å². The van der Waals surface area contributed by atoms with E-state index in [1.54, 1.807) is 24.3 Å². The monoisotopic (exact) mass is 354 g/mol. The van der Waals surface area contributed by atoms with Gasteiger partial charge in [-0.15, -0.1) is 0 Å². The van der Waals surface area contributed by atoms with E-state index in [9.17, 15) is 9.59 Å². The summed E-state index contributed by atoms with van der Waals surface area (Å²) in [5, 5.41) is 8.90. The van der Waals surface area contributed by atoms with Gasteiger partial charge in [-0.2, -0.15) is 0 Å². The lowest BCUT2D eigenvalue weighted by Crippen LogP contribution is -2.22. The lowest BCUT2D eigenvalue weighted by atomic mass is 10.1. The van der Waals surface area contributed by atoms with E-state index in [4.69, 9.17) is 19.3 Å². The fraction of sp³-hybridized carbons (Fsp3) is 0.200. The molecule has 0 saturated carbocycles. The Labute approximate surface area is 150 Å². The first-order chi connectivity index (χ1) is 12.5. The Hall–Kier alpha value is -3.28. The van der Waals surface area contributed by atoms with Gasteiger partial charge < -0.3 is 19.3 Å². The second-order valence-electron chi connectivity index (χ2n) is 5.70. The summed E-state index contributed by atoms with van der Waals surface area (Å²) in [6.45, 7) is 2.39. The van der Waals surface area contributed by atoms with E-state index in [0.717, 1.165) is 5.56 Å². The van der Waals surface area contributed by atoms with Crippen molar-refractivity contribution in [2.45, 2.75) is 13.0 Å². The highest BCUT2D eigenvalue weighted by molar-refractivity contribution is 6.07. The first-order valence-corrected chi connectivity index (χ1v) is 8.15. The average Bonchev–Trinajstić information content (AvgIpc) is 2.66. The van der Waals surface area contributed by atoms with Crippen LogP contribution in [-0.4, -0.2) is 36.2 Å². The fourth-order valence-corrected chi connectivity index (χ4v) is 2.47. The Kier molecular flexibility index (Phi) is 5.22. The van der Waals surface area contributed by atoms with Gasteiger partial charge in [-0.25, -0.2) is 4.79 Å². The number of ketones is 1. The molecule has 0 aliphatic carbocycles. The average molecular weight is 354 g/mol. The first kappa shape index (κ1) is 17.5. The van der Waals surface area contributed by atoms with Crippen LogP contribution in [-0.2, 0) is 4.79 Å². The highest BCUT2D eigenvalue weighted by Gasteiger charge is 2.15. The summed E-state index contributed by atoms with van der Waals surface area (Å²) < 4.78 is 16.4. The first-order valence-electron chi connectivity index (χ1n) is 8.15. The molecule has 0 bridgehead atoms. The third-order valence-electron chi connectivity index (χ3n) is 3.79. The van der Waals surface area contributed by atoms with Crippen molar-refractivity contribution in [2.75, 3.05) is 13.2 Å². The van der Waals surface area contributed by atoms with Gasteiger partial charge in [-0.3, -0.25) is 4.79 Å². The Balaban J connectivity index is 1.76. The number of carboxylic acid groups (broad SMARTS) is 1. The number of hydrogen-bond donors (Lipinski definition) is 1. The topological polar surface area (TPSA) is 82.1 Å². The number of carbonyl (C=O) groups excluding carboxylic acids is 1. The summed E-state index contributed by atoms with van der Waals surface area (Å²) in [5.41, 5.74) is 1.15. The lowest BCUT2D eigenvalue weighted by Gasteiger charge is -2.19. The molecule has 1 atom stereocenters. The zero-order valence-electron chi connectivity index (χ0n) is 14.2. The zero-order chi connectivity index (χ0) is 18.5. The van der Waals surface area contributed by atoms with E-state index in [1.807, 2.05) is 18.2 Å². The van der Waals surface area contributed by atoms with Crippen LogP contribution >= 0.6 is 0 Å². The van der Waals surface area contributed by atoms with Gasteiger partial charge in [-0.1, -0.05) is 24.3 Å². The van der Waals surface area contributed by atoms with Crippen molar-refractivity contribution in [3.05, 3.63) is 59.7 Å². The van der Waals surface area contributed by atoms with Crippen LogP contribution in [0.15, 0.2) is 48.5 Å². The molecule has 6 nitrogen and oxygen atoms in total. The van der Waals surface area contributed by atoms with E-state index >= 15 is 0 Å². The molecule has 1 heterocycles. The molecule has 1 aliphatic heterocycles. The van der Waals surface area contributed by atoms with Gasteiger partial charge in [0.2, 0.25) is 0 Å². The highest BCUT2D eigenvalue weighted by atomic mass is 16.6. The SMILES string of the molecule is C[C@@H](Oc1cccc(C(=O)/C=C/c2cccc3c2OCCO3)c1)C(=O)O. The maximum atomic E-state index is 12.4. The van der Waals surface area contributed by atoms with Crippen molar-refractivity contribution in [2.24, 2.45) is 0 Å². The molecule has 0 unspecified atom stereocenters. The highest BCUT2D eigenvalue weighted by Crippen LogP contribution is 2.34. The number of carboxylic acids is 1. The number of hydrogen-bond acceptors (Lipinski definition) is 5. The molecule has 0 fully saturated rings. The third-order valence-corrected chi connectivity index (χ3v) is 3.79. The predicted octanol–water partition coefficient (Wildman–Crippen LogP) is 3.21. The maximum Gasteiger partial charge on any atom is 0.344 e. The zero-order valence-corrected chi connectivity index (χ0v) is 14.2. The summed E-state index contributed by atoms with van der Waals surface area (Å²) in [6.07, 6.45) is 2.11. The van der Waals surface area contributed by atoms with Gasteiger partial charge in [0.1, 0.15) is 19.0 Å². The molecular weight excluding hydrogens is 336 g/mol. The van der Waals surface area contributed by atoms with Crippen molar-refractivity contribution in [1.82, 2.24) is 0 Å². The minimum absolute atomic E-state index is 0.229. The number of rotatable bonds is 6. The molecule has 0 radical (unpaired) electrons. The number of carbonyl (C=O) groups is 2. The number of allylic oxidation sites excluding steroid dienone is 1. The lowest BCUT2D eigenvalue weighted by molar-refractivity contribution is -0.144. The maximum absolute atomic E-state index is 12.4. The van der Waals surface area contributed by atoms with E-state index in [0.29, 0.717) is 36.0 Å². The Morgan fingerprint density at radius 1 is 1.15 bits per heavy atom. The molecule has 26 heavy (non-hydrogen) atoms. The van der Waals surface area contributed by atoms with Crippen LogP contribution in [0.1, 0.15) is 22.8 Å². The van der Waals surface area contributed by atoms with Crippen LogP contribution in [0, 0.1) is 0 Å². The summed E-state index contributed by atoms with van der Waals surface area (Å²) in [4.78, 5) is 23.3. The molecule has 0 aromatic heterocycles. The number of benzene rings is 2. The molecule has 0 amide bonds. The van der Waals surface area contributed by atoms with E-state index in [1.165, 1.54) is 19.1 Å². The number of fused-ring (bicyclic) bond motifs is 1. The number of para-hydroxylation sites is 1. The normalized spacial score (nSPS) is 14.0. The molecular formula is C20H18O6. The molecule has 1 aliphatic rings. The van der Waals surface area contributed by atoms with Crippen LogP contribution in [0.25, 0.3) is 6.08 Å². The molecule has 0 spiro atoms. The molecule has 134 valence electrons. The minimum atomic E-state index is -1.07. The van der Waals surface area contributed by atoms with Crippen molar-refractivity contribution < 1.29 is 28.9 Å². The van der Waals surface area contributed by atoms with Crippen molar-refractivity contribution >= 4 is 17.8 Å². The standard InChI is InChI=1S/C20H18O6/c1-13(20(22)23)26-16-6-2-5-15(12-16)17(21)9-8-14-4-3-7-18-19(14)25-11-10-24-18/h2-9,12-13H,10-11H2,1H3,(H,22,23)/b9-8+/t13-/m1/s1. The van der Waals surface area contributed by atoms with E-state index in [2.05, 4.69) is 0 Å². The quantitative estimate of drug-likeness (QED) is 0.634. The van der Waals surface area contributed by atoms with Crippen LogP contribution in [0.5, 0.6) is 17.2 Å². The molecule has 3 rings (SSSR count). The summed E-state index contributed by atoms with van der Waals surface area (Å²) in [5.74, 6) is 0.303. The van der Waals surface area contributed by atoms with Crippen molar-refractivity contribution in [3.8, 4) is 17.2 Å². The van der Waals surface area contributed by atoms with Gasteiger partial charge in [0.15, 0.2) is 23.4 Å². The predicted molar refractivity (Wildman–Crippen MR) is 95.0 cm³/mol. The summed E-state index contributed by atoms with van der Waals surface area (Å²) in [7, 11) is 0. The largest absolute Gasteiger partial charge is 0.486 e. The van der Waals surface area contributed by atoms with Gasteiger partial charge in [-0.05, 0) is 37.3 Å². The molecule has 2 aromatic carbocycles. The van der Waals surface area contributed by atoms with Gasteiger partial charge >= 0.3 is 5.97 Å². The molecule has 0 saturated heterocycles. The Morgan fingerprint density at radius 3 is 2.73 bits per heavy atom. The van der Waals surface area contributed by atoms with E-state index in [-0.39, 0.29) is 5.78 Å². The van der Waals surface area contributed by atoms with Gasteiger partial charge in [0, 0.05) is 11.1 Å². The second-order valence-corrected chi connectivity index (χ2v) is 5.70. The number of ether oxygens (including phenoxy) is 3. The molecule has 2 aromatic rings. The summed E-state index contributed by atoms with van der Waals surface area (Å²) in [6, 6.07) is 11.9. The Morgan fingerprint density at radius 2 is 1.92 bits per heavy atom. The van der Waals surface area contributed by atoms with Crippen LogP contribution in [0.2, 0.25) is 0 Å². The number of aliphatic carboxylic acids is 1.